The first kappa shape index (κ1) is 32.8. The Morgan fingerprint density at radius 1 is 0.630 bits per heavy atom. The molecule has 0 saturated carbocycles. The molecule has 0 spiro atoms. The van der Waals surface area contributed by atoms with E-state index in [0.717, 1.165) is 61.0 Å². The van der Waals surface area contributed by atoms with Crippen molar-refractivity contribution in [3.8, 4) is 23.0 Å². The number of hydrogen-bond donors (Lipinski definition) is 0. The minimum absolute atomic E-state index is 0.278. The zero-order chi connectivity index (χ0) is 36.6. The lowest BCUT2D eigenvalue weighted by molar-refractivity contribution is 0.461. The number of ether oxygens (including phenoxy) is 1. The minimum atomic E-state index is -0.779. The molecule has 6 nitrogen and oxygen atoms in total. The fraction of sp³-hybridized carbons (Fsp3) is 0.0833. The second-order valence-corrected chi connectivity index (χ2v) is 13.7. The number of nitrogens with zero attached hydrogens (tertiary/aromatic N) is 5. The van der Waals surface area contributed by atoms with E-state index in [-0.39, 0.29) is 5.92 Å². The predicted octanol–water partition coefficient (Wildman–Crippen LogP) is 11.9. The van der Waals surface area contributed by atoms with Crippen LogP contribution in [-0.4, -0.2) is 19.6 Å². The molecule has 0 atom stereocenters. The molecule has 0 fully saturated rings. The highest BCUT2D eigenvalue weighted by Gasteiger charge is 2.39. The molecule has 0 N–H and O–H groups in total. The first-order valence-corrected chi connectivity index (χ1v) is 18.1. The molecule has 0 radical (unpaired) electrons. The van der Waals surface area contributed by atoms with Crippen LogP contribution in [0.5, 0.6) is 11.6 Å². The average Bonchev–Trinajstić information content (AvgIpc) is 3.68. The Morgan fingerprint density at radius 3 is 2.04 bits per heavy atom. The third-order valence-corrected chi connectivity index (χ3v) is 10.4. The van der Waals surface area contributed by atoms with E-state index in [9.17, 15) is 0 Å². The van der Waals surface area contributed by atoms with Crippen molar-refractivity contribution in [1.82, 2.24) is 19.6 Å². The largest absolute Gasteiger partial charge is 0.439 e. The molecule has 258 valence electrons. The van der Waals surface area contributed by atoms with E-state index in [2.05, 4.69) is 143 Å². The molecule has 0 aliphatic heterocycles. The maximum Gasteiger partial charge on any atom is 0.219 e. The summed E-state index contributed by atoms with van der Waals surface area (Å²) in [5.41, 5.74) is 7.91. The highest BCUT2D eigenvalue weighted by Crippen LogP contribution is 2.48. The van der Waals surface area contributed by atoms with Gasteiger partial charge in [-0.3, -0.25) is 4.40 Å². The van der Waals surface area contributed by atoms with E-state index in [1.807, 2.05) is 48.5 Å². The zero-order valence-electron chi connectivity index (χ0n) is 29.9. The van der Waals surface area contributed by atoms with Gasteiger partial charge < -0.3 is 4.74 Å². The molecule has 3 heterocycles. The lowest BCUT2D eigenvalue weighted by atomic mass is 9.65. The topological polar surface area (TPSA) is 56.7 Å². The molecule has 0 unspecified atom stereocenters. The molecular weight excluding hydrogens is 663 g/mol. The quantitative estimate of drug-likeness (QED) is 0.0901. The Labute approximate surface area is 313 Å². The van der Waals surface area contributed by atoms with Crippen molar-refractivity contribution in [2.24, 2.45) is 0 Å². The third-order valence-electron chi connectivity index (χ3n) is 10.4. The summed E-state index contributed by atoms with van der Waals surface area (Å²) in [7, 11) is 0. The van der Waals surface area contributed by atoms with Crippen LogP contribution in [0.15, 0.2) is 170 Å². The van der Waals surface area contributed by atoms with E-state index in [0.29, 0.717) is 17.3 Å². The lowest BCUT2D eigenvalue weighted by Gasteiger charge is -2.37. The second-order valence-electron chi connectivity index (χ2n) is 13.7. The summed E-state index contributed by atoms with van der Waals surface area (Å²) in [6, 6.07) is 56.1. The fourth-order valence-electron chi connectivity index (χ4n) is 8.03. The minimum Gasteiger partial charge on any atom is -0.439 e. The number of aromatic nitrogens is 4. The smallest absolute Gasteiger partial charge is 0.219 e. The van der Waals surface area contributed by atoms with E-state index in [1.165, 1.54) is 5.56 Å². The van der Waals surface area contributed by atoms with Gasteiger partial charge in [0.15, 0.2) is 17.2 Å². The molecule has 0 aliphatic carbocycles. The Balaban J connectivity index is 1.39. The molecule has 0 saturated heterocycles. The SMILES string of the molecule is [C-]#[N+]c1cccc2c1c1ccc(C(c3ccccc3)(c3ccccc3)c3cccc(Oc4ccccn4)c3)cc1c1nnc(-c3ccccc3C(C)C)n21. The molecule has 0 aliphatic rings. The van der Waals surface area contributed by atoms with Crippen molar-refractivity contribution in [2.75, 3.05) is 0 Å². The standard InChI is InChI=1S/C48H35N5O/c1-32(2)38-22-10-11-23-40(38)46-51-52-47-41-31-36(27-28-39(41)45-42(49-3)24-15-25-43(45)53(46)47)48(33-16-6-4-7-17-33,34-18-8-5-9-19-34)35-20-14-21-37(30-35)54-44-26-12-13-29-50-44/h4-32H,1-2H3. The van der Waals surface area contributed by atoms with Crippen molar-refractivity contribution >= 4 is 33.0 Å². The van der Waals surface area contributed by atoms with Crippen LogP contribution in [0.2, 0.25) is 0 Å². The van der Waals surface area contributed by atoms with Gasteiger partial charge in [-0.1, -0.05) is 141 Å². The molecule has 9 rings (SSSR count). The lowest BCUT2D eigenvalue weighted by Crippen LogP contribution is -2.31. The molecule has 9 aromatic rings. The van der Waals surface area contributed by atoms with Gasteiger partial charge in [0, 0.05) is 34.1 Å². The van der Waals surface area contributed by atoms with E-state index >= 15 is 0 Å². The van der Waals surface area contributed by atoms with Gasteiger partial charge in [0.05, 0.1) is 12.0 Å². The Kier molecular flexibility index (Phi) is 8.17. The van der Waals surface area contributed by atoms with Crippen molar-refractivity contribution in [3.05, 3.63) is 209 Å². The van der Waals surface area contributed by atoms with Gasteiger partial charge >= 0.3 is 0 Å². The summed E-state index contributed by atoms with van der Waals surface area (Å²) in [5.74, 6) is 2.24. The van der Waals surface area contributed by atoms with Gasteiger partial charge in [-0.05, 0) is 69.5 Å². The van der Waals surface area contributed by atoms with Crippen molar-refractivity contribution in [3.63, 3.8) is 0 Å². The molecule has 0 bridgehead atoms. The first-order valence-electron chi connectivity index (χ1n) is 18.1. The molecule has 6 heteroatoms. The number of rotatable bonds is 8. The van der Waals surface area contributed by atoms with Gasteiger partial charge in [0.1, 0.15) is 5.75 Å². The summed E-state index contributed by atoms with van der Waals surface area (Å²) in [4.78, 5) is 8.45. The van der Waals surface area contributed by atoms with Gasteiger partial charge in [-0.15, -0.1) is 10.2 Å². The number of hydrogen-bond acceptors (Lipinski definition) is 4. The van der Waals surface area contributed by atoms with E-state index in [1.54, 1.807) is 6.20 Å². The molecule has 0 amide bonds. The van der Waals surface area contributed by atoms with Crippen LogP contribution in [-0.2, 0) is 5.41 Å². The Bertz CT molecular complexity index is 2800. The second kappa shape index (κ2) is 13.5. The van der Waals surface area contributed by atoms with E-state index in [4.69, 9.17) is 21.5 Å². The number of pyridine rings is 2. The molecule has 6 aromatic carbocycles. The van der Waals surface area contributed by atoms with Crippen LogP contribution < -0.4 is 4.74 Å². The molecule has 54 heavy (non-hydrogen) atoms. The Hall–Kier alpha value is -7.10. The Morgan fingerprint density at radius 2 is 1.31 bits per heavy atom. The van der Waals surface area contributed by atoms with Gasteiger partial charge in [-0.25, -0.2) is 9.83 Å². The van der Waals surface area contributed by atoms with Gasteiger partial charge in [-0.2, -0.15) is 0 Å². The van der Waals surface area contributed by atoms with Gasteiger partial charge in [0.25, 0.3) is 0 Å². The van der Waals surface area contributed by atoms with Crippen molar-refractivity contribution in [2.45, 2.75) is 25.2 Å². The summed E-state index contributed by atoms with van der Waals surface area (Å²) in [6.07, 6.45) is 1.73. The van der Waals surface area contributed by atoms with Crippen molar-refractivity contribution in [1.29, 1.82) is 0 Å². The zero-order valence-corrected chi connectivity index (χ0v) is 29.9. The highest BCUT2D eigenvalue weighted by molar-refractivity contribution is 6.17. The summed E-state index contributed by atoms with van der Waals surface area (Å²) in [6.45, 7) is 12.6. The maximum atomic E-state index is 8.23. The van der Waals surface area contributed by atoms with Crippen LogP contribution in [0.1, 0.15) is 47.6 Å². The molecular formula is C48H35N5O. The number of fused-ring (bicyclic) bond motifs is 6. The normalized spacial score (nSPS) is 11.7. The summed E-state index contributed by atoms with van der Waals surface area (Å²) in [5, 5.41) is 12.6. The number of benzene rings is 6. The van der Waals surface area contributed by atoms with Crippen LogP contribution in [0.4, 0.5) is 5.69 Å². The summed E-state index contributed by atoms with van der Waals surface area (Å²) < 4.78 is 8.48. The monoisotopic (exact) mass is 697 g/mol. The summed E-state index contributed by atoms with van der Waals surface area (Å²) >= 11 is 0. The van der Waals surface area contributed by atoms with Crippen LogP contribution in [0, 0.1) is 6.57 Å². The predicted molar refractivity (Wildman–Crippen MR) is 216 cm³/mol. The third kappa shape index (κ3) is 5.29. The van der Waals surface area contributed by atoms with Crippen LogP contribution in [0.25, 0.3) is 43.6 Å². The van der Waals surface area contributed by atoms with E-state index < -0.39 is 5.41 Å². The van der Waals surface area contributed by atoms with Crippen molar-refractivity contribution < 1.29 is 4.74 Å². The maximum absolute atomic E-state index is 8.23. The van der Waals surface area contributed by atoms with Crippen LogP contribution in [0.3, 0.4) is 0 Å². The average molecular weight is 698 g/mol. The first-order chi connectivity index (χ1) is 26.6. The highest BCUT2D eigenvalue weighted by atomic mass is 16.5. The molecule has 3 aromatic heterocycles. The van der Waals surface area contributed by atoms with Crippen LogP contribution >= 0.6 is 0 Å². The van der Waals surface area contributed by atoms with Gasteiger partial charge in [0.2, 0.25) is 5.88 Å². The fourth-order valence-corrected chi connectivity index (χ4v) is 8.03.